The highest BCUT2D eigenvalue weighted by atomic mass is 16.5. The molecule has 5 heteroatoms. The van der Waals surface area contributed by atoms with E-state index in [0.717, 1.165) is 44.9 Å². The van der Waals surface area contributed by atoms with Gasteiger partial charge < -0.3 is 15.0 Å². The molecule has 2 bridgehead atoms. The fourth-order valence-electron chi connectivity index (χ4n) is 3.54. The highest BCUT2D eigenvalue weighted by molar-refractivity contribution is 5.87. The Morgan fingerprint density at radius 3 is 2.45 bits per heavy atom. The van der Waals surface area contributed by atoms with Crippen LogP contribution in [-0.4, -0.2) is 47.6 Å². The van der Waals surface area contributed by atoms with Gasteiger partial charge in [0.05, 0.1) is 24.7 Å². The summed E-state index contributed by atoms with van der Waals surface area (Å²) in [7, 11) is 0. The first-order chi connectivity index (χ1) is 9.70. The quantitative estimate of drug-likeness (QED) is 0.810. The van der Waals surface area contributed by atoms with Crippen molar-refractivity contribution in [3.8, 4) is 0 Å². The van der Waals surface area contributed by atoms with E-state index in [1.165, 1.54) is 0 Å². The van der Waals surface area contributed by atoms with Crippen molar-refractivity contribution in [3.05, 3.63) is 0 Å². The van der Waals surface area contributed by atoms with Crippen LogP contribution < -0.4 is 5.32 Å². The molecule has 0 aromatic heterocycles. The zero-order valence-corrected chi connectivity index (χ0v) is 11.7. The van der Waals surface area contributed by atoms with E-state index >= 15 is 0 Å². The van der Waals surface area contributed by atoms with Gasteiger partial charge >= 0.3 is 0 Å². The monoisotopic (exact) mass is 278 g/mol. The van der Waals surface area contributed by atoms with Gasteiger partial charge in [0.15, 0.2) is 0 Å². The molecule has 0 unspecified atom stereocenters. The van der Waals surface area contributed by atoms with E-state index in [2.05, 4.69) is 5.32 Å². The van der Waals surface area contributed by atoms with Gasteiger partial charge in [-0.15, -0.1) is 0 Å². The van der Waals surface area contributed by atoms with E-state index in [-0.39, 0.29) is 36.5 Å². The van der Waals surface area contributed by atoms with Crippen molar-refractivity contribution in [2.24, 2.45) is 5.92 Å². The standard InChI is InChI=1S/C15H22N2O3/c18-14(16-9-1-2-9)8-17(10-3-4-10)15(19)12-7-11-5-6-13(12)20-11/h9-13H,1-8H2,(H,16,18)/t11-,12+,13-/m1/s1. The van der Waals surface area contributed by atoms with Gasteiger partial charge in [-0.25, -0.2) is 0 Å². The first-order valence-corrected chi connectivity index (χ1v) is 7.96. The molecule has 0 radical (unpaired) electrons. The fraction of sp³-hybridized carbons (Fsp3) is 0.867. The Kier molecular flexibility index (Phi) is 2.98. The summed E-state index contributed by atoms with van der Waals surface area (Å²) in [5.74, 6) is 0.172. The number of nitrogens with zero attached hydrogens (tertiary/aromatic N) is 1. The van der Waals surface area contributed by atoms with Gasteiger partial charge in [-0.05, 0) is 44.9 Å². The van der Waals surface area contributed by atoms with Gasteiger partial charge in [-0.2, -0.15) is 0 Å². The van der Waals surface area contributed by atoms with E-state index in [1.54, 1.807) is 0 Å². The third kappa shape index (κ3) is 2.43. The number of amides is 2. The summed E-state index contributed by atoms with van der Waals surface area (Å²) in [6.07, 6.45) is 7.63. The Labute approximate surface area is 119 Å². The minimum absolute atomic E-state index is 0.00285. The van der Waals surface area contributed by atoms with E-state index in [9.17, 15) is 9.59 Å². The average molecular weight is 278 g/mol. The van der Waals surface area contributed by atoms with Gasteiger partial charge in [-0.3, -0.25) is 9.59 Å². The molecule has 3 atom stereocenters. The summed E-state index contributed by atoms with van der Waals surface area (Å²) in [6, 6.07) is 0.663. The Hall–Kier alpha value is -1.10. The van der Waals surface area contributed by atoms with Crippen LogP contribution in [0.5, 0.6) is 0 Å². The first kappa shape index (κ1) is 12.6. The van der Waals surface area contributed by atoms with Crippen LogP contribution in [0.3, 0.4) is 0 Å². The molecule has 4 rings (SSSR count). The Morgan fingerprint density at radius 1 is 1.10 bits per heavy atom. The molecule has 20 heavy (non-hydrogen) atoms. The van der Waals surface area contributed by atoms with Crippen molar-refractivity contribution in [1.82, 2.24) is 10.2 Å². The average Bonchev–Trinajstić information content (AvgIpc) is 3.36. The molecule has 2 aliphatic heterocycles. The number of carbonyl (C=O) groups excluding carboxylic acids is 2. The summed E-state index contributed by atoms with van der Waals surface area (Å²) in [4.78, 5) is 26.5. The number of nitrogens with one attached hydrogen (secondary N) is 1. The van der Waals surface area contributed by atoms with Crippen molar-refractivity contribution in [1.29, 1.82) is 0 Å². The molecule has 2 saturated heterocycles. The number of fused-ring (bicyclic) bond motifs is 2. The van der Waals surface area contributed by atoms with Crippen LogP contribution in [0.1, 0.15) is 44.9 Å². The number of hydrogen-bond donors (Lipinski definition) is 1. The van der Waals surface area contributed by atoms with Gasteiger partial charge in [-0.1, -0.05) is 0 Å². The number of rotatable bonds is 5. The van der Waals surface area contributed by atoms with Gasteiger partial charge in [0.1, 0.15) is 0 Å². The van der Waals surface area contributed by atoms with Crippen molar-refractivity contribution >= 4 is 11.8 Å². The molecule has 2 saturated carbocycles. The highest BCUT2D eigenvalue weighted by Crippen LogP contribution is 2.41. The van der Waals surface area contributed by atoms with Crippen LogP contribution in [0.4, 0.5) is 0 Å². The summed E-state index contributed by atoms with van der Waals surface area (Å²) >= 11 is 0. The van der Waals surface area contributed by atoms with Crippen LogP contribution >= 0.6 is 0 Å². The molecular weight excluding hydrogens is 256 g/mol. The smallest absolute Gasteiger partial charge is 0.239 e. The molecule has 0 aromatic carbocycles. The summed E-state index contributed by atoms with van der Waals surface area (Å²) in [5.41, 5.74) is 0. The van der Waals surface area contributed by atoms with Crippen LogP contribution in [0.15, 0.2) is 0 Å². The third-order valence-electron chi connectivity index (χ3n) is 4.95. The molecule has 4 aliphatic rings. The minimum atomic E-state index is 0.00285. The van der Waals surface area contributed by atoms with Crippen molar-refractivity contribution in [2.45, 2.75) is 69.2 Å². The van der Waals surface area contributed by atoms with Crippen molar-refractivity contribution in [3.63, 3.8) is 0 Å². The molecule has 1 N–H and O–H groups in total. The molecule has 110 valence electrons. The van der Waals surface area contributed by atoms with E-state index < -0.39 is 0 Å². The van der Waals surface area contributed by atoms with Crippen LogP contribution in [0, 0.1) is 5.92 Å². The second kappa shape index (κ2) is 4.72. The minimum Gasteiger partial charge on any atom is -0.374 e. The lowest BCUT2D eigenvalue weighted by molar-refractivity contribution is -0.141. The zero-order chi connectivity index (χ0) is 13.7. The predicted octanol–water partition coefficient (Wildman–Crippen LogP) is 0.823. The number of carbonyl (C=O) groups is 2. The molecule has 4 fully saturated rings. The lowest BCUT2D eigenvalue weighted by Gasteiger charge is -2.27. The molecule has 2 heterocycles. The SMILES string of the molecule is O=C(CN(C(=O)[C@H]1C[C@H]2CC[C@H]1O2)C1CC1)NC1CC1. The maximum absolute atomic E-state index is 12.7. The third-order valence-corrected chi connectivity index (χ3v) is 4.95. The summed E-state index contributed by atoms with van der Waals surface area (Å²) in [5, 5.41) is 2.98. The van der Waals surface area contributed by atoms with Gasteiger partial charge in [0, 0.05) is 12.1 Å². The molecule has 2 aliphatic carbocycles. The highest BCUT2D eigenvalue weighted by Gasteiger charge is 2.48. The lowest BCUT2D eigenvalue weighted by Crippen LogP contribution is -2.46. The van der Waals surface area contributed by atoms with E-state index in [0.29, 0.717) is 12.1 Å². The zero-order valence-electron chi connectivity index (χ0n) is 11.7. The van der Waals surface area contributed by atoms with Crippen LogP contribution in [-0.2, 0) is 14.3 Å². The second-order valence-electron chi connectivity index (χ2n) is 6.76. The molecule has 5 nitrogen and oxygen atoms in total. The van der Waals surface area contributed by atoms with E-state index in [4.69, 9.17) is 4.74 Å². The van der Waals surface area contributed by atoms with E-state index in [1.807, 2.05) is 4.90 Å². The Balaban J connectivity index is 1.39. The van der Waals surface area contributed by atoms with Crippen molar-refractivity contribution < 1.29 is 14.3 Å². The number of ether oxygens (including phenoxy) is 1. The molecule has 0 aromatic rings. The topological polar surface area (TPSA) is 58.6 Å². The maximum Gasteiger partial charge on any atom is 0.239 e. The maximum atomic E-state index is 12.7. The van der Waals surface area contributed by atoms with Crippen LogP contribution in [0.2, 0.25) is 0 Å². The van der Waals surface area contributed by atoms with Gasteiger partial charge in [0.25, 0.3) is 0 Å². The number of hydrogen-bond acceptors (Lipinski definition) is 3. The summed E-state index contributed by atoms with van der Waals surface area (Å²) in [6.45, 7) is 0.244. The normalized spacial score (nSPS) is 35.1. The fourth-order valence-corrected chi connectivity index (χ4v) is 3.54. The Bertz CT molecular complexity index is 431. The molecular formula is C15H22N2O3. The Morgan fingerprint density at radius 2 is 1.90 bits per heavy atom. The predicted molar refractivity (Wildman–Crippen MR) is 71.9 cm³/mol. The molecule has 0 spiro atoms. The van der Waals surface area contributed by atoms with Crippen LogP contribution in [0.25, 0.3) is 0 Å². The second-order valence-corrected chi connectivity index (χ2v) is 6.76. The largest absolute Gasteiger partial charge is 0.374 e. The molecule has 2 amide bonds. The summed E-state index contributed by atoms with van der Waals surface area (Å²) < 4.78 is 5.79. The van der Waals surface area contributed by atoms with Crippen molar-refractivity contribution in [2.75, 3.05) is 6.54 Å². The van der Waals surface area contributed by atoms with Gasteiger partial charge in [0.2, 0.25) is 11.8 Å². The first-order valence-electron chi connectivity index (χ1n) is 7.96. The lowest BCUT2D eigenvalue weighted by atomic mass is 9.88.